The maximum absolute atomic E-state index is 13.7. The van der Waals surface area contributed by atoms with Crippen molar-refractivity contribution in [2.24, 2.45) is 17.8 Å². The number of nitrogens with zero attached hydrogens (tertiary/aromatic N) is 3. The van der Waals surface area contributed by atoms with E-state index >= 15 is 0 Å². The number of carbonyl (C=O) groups is 5. The Bertz CT molecular complexity index is 1620. The van der Waals surface area contributed by atoms with Crippen molar-refractivity contribution in [2.75, 3.05) is 6.54 Å². The molecule has 1 aliphatic carbocycles. The second kappa shape index (κ2) is 12.1. The highest BCUT2D eigenvalue weighted by molar-refractivity contribution is 6.34. The molecule has 0 radical (unpaired) electrons. The fraction of sp³-hybridized carbons (Fsp3) is 0.258. The molecule has 0 aromatic heterocycles. The van der Waals surface area contributed by atoms with Crippen molar-refractivity contribution < 1.29 is 33.6 Å². The van der Waals surface area contributed by atoms with Crippen LogP contribution >= 0.6 is 11.6 Å². The quantitative estimate of drug-likeness (QED) is 0.0860. The van der Waals surface area contributed by atoms with E-state index in [0.717, 1.165) is 16.4 Å². The van der Waals surface area contributed by atoms with Crippen LogP contribution in [0.2, 0.25) is 5.02 Å². The summed E-state index contributed by atoms with van der Waals surface area (Å²) >= 11 is 6.27. The highest BCUT2D eigenvalue weighted by atomic mass is 35.5. The number of halogens is 1. The minimum absolute atomic E-state index is 0.0364. The molecule has 2 fully saturated rings. The van der Waals surface area contributed by atoms with Gasteiger partial charge >= 0.3 is 5.97 Å². The third-order valence-corrected chi connectivity index (χ3v) is 8.07. The molecule has 11 nitrogen and oxygen atoms in total. The van der Waals surface area contributed by atoms with E-state index < -0.39 is 52.8 Å². The monoisotopic (exact) mass is 603 g/mol. The van der Waals surface area contributed by atoms with Crippen LogP contribution in [0.4, 0.5) is 5.69 Å². The summed E-state index contributed by atoms with van der Waals surface area (Å²) in [5.74, 6) is -3.87. The zero-order valence-corrected chi connectivity index (χ0v) is 23.7. The van der Waals surface area contributed by atoms with Gasteiger partial charge in [0, 0.05) is 17.7 Å². The molecule has 0 unspecified atom stereocenters. The normalized spacial score (nSPS) is 19.5. The van der Waals surface area contributed by atoms with E-state index in [9.17, 15) is 34.1 Å². The molecule has 0 spiro atoms. The minimum atomic E-state index is -0.763. The lowest BCUT2D eigenvalue weighted by Crippen LogP contribution is -2.52. The van der Waals surface area contributed by atoms with E-state index in [0.29, 0.717) is 12.8 Å². The number of hydrogen-bond donors (Lipinski definition) is 0. The number of nitro groups is 1. The number of ether oxygens (including phenoxy) is 1. The smallest absolute Gasteiger partial charge is 0.343 e. The average Bonchev–Trinajstić information content (AvgIpc) is 3.24. The summed E-state index contributed by atoms with van der Waals surface area (Å²) in [6.45, 7) is 1.40. The number of fused-ring (bicyclic) bond motifs is 1. The summed E-state index contributed by atoms with van der Waals surface area (Å²) in [5.41, 5.74) is 0.0908. The SMILES string of the molecule is C[C@@H]1CC[C@H]2C(=O)N(N(CC(=O)c3ccc(OC(=O)c4ccc([N+](=O)[O-])cc4)cc3)C(=O)c3ccccc3Cl)C(=O)[C@@H]2C1. The molecule has 0 N–H and O–H groups in total. The fourth-order valence-electron chi connectivity index (χ4n) is 5.44. The average molecular weight is 604 g/mol. The first-order valence-electron chi connectivity index (χ1n) is 13.6. The third-order valence-electron chi connectivity index (χ3n) is 7.74. The third kappa shape index (κ3) is 6.02. The van der Waals surface area contributed by atoms with Crippen LogP contribution in [0, 0.1) is 27.9 Å². The second-order valence-electron chi connectivity index (χ2n) is 10.6. The lowest BCUT2D eigenvalue weighted by atomic mass is 9.76. The largest absolute Gasteiger partial charge is 0.423 e. The fourth-order valence-corrected chi connectivity index (χ4v) is 5.66. The molecule has 1 aliphatic heterocycles. The van der Waals surface area contributed by atoms with E-state index in [-0.39, 0.29) is 39.1 Å². The Labute approximate surface area is 251 Å². The van der Waals surface area contributed by atoms with E-state index in [1.807, 2.05) is 6.92 Å². The van der Waals surface area contributed by atoms with Crippen LogP contribution in [-0.4, -0.2) is 51.0 Å². The van der Waals surface area contributed by atoms with E-state index in [4.69, 9.17) is 16.3 Å². The number of imide groups is 1. The van der Waals surface area contributed by atoms with Gasteiger partial charge in [-0.3, -0.25) is 29.3 Å². The van der Waals surface area contributed by atoms with Gasteiger partial charge in [0.05, 0.1) is 32.9 Å². The number of nitro benzene ring substituents is 1. The highest BCUT2D eigenvalue weighted by Crippen LogP contribution is 2.41. The van der Waals surface area contributed by atoms with Gasteiger partial charge in [0.25, 0.3) is 23.4 Å². The molecule has 0 bridgehead atoms. The van der Waals surface area contributed by atoms with Gasteiger partial charge < -0.3 is 4.74 Å². The maximum Gasteiger partial charge on any atom is 0.343 e. The Morgan fingerprint density at radius 2 is 1.56 bits per heavy atom. The molecule has 1 heterocycles. The van der Waals surface area contributed by atoms with Gasteiger partial charge in [-0.05, 0) is 73.7 Å². The molecular weight excluding hydrogens is 578 g/mol. The molecule has 5 rings (SSSR count). The van der Waals surface area contributed by atoms with E-state index in [2.05, 4.69) is 0 Å². The predicted octanol–water partition coefficient (Wildman–Crippen LogP) is 5.13. The summed E-state index contributed by atoms with van der Waals surface area (Å²) in [7, 11) is 0. The Morgan fingerprint density at radius 1 is 0.930 bits per heavy atom. The maximum atomic E-state index is 13.7. The van der Waals surface area contributed by atoms with Crippen LogP contribution < -0.4 is 4.74 Å². The van der Waals surface area contributed by atoms with Crippen LogP contribution in [0.25, 0.3) is 0 Å². The lowest BCUT2D eigenvalue weighted by molar-refractivity contribution is -0.384. The van der Waals surface area contributed by atoms with Crippen LogP contribution in [0.3, 0.4) is 0 Å². The van der Waals surface area contributed by atoms with Crippen molar-refractivity contribution in [1.29, 1.82) is 0 Å². The van der Waals surface area contributed by atoms with Crippen LogP contribution in [0.15, 0.2) is 72.8 Å². The highest BCUT2D eigenvalue weighted by Gasteiger charge is 2.53. The Morgan fingerprint density at radius 3 is 2.21 bits per heavy atom. The summed E-state index contributed by atoms with van der Waals surface area (Å²) in [5, 5.41) is 12.6. The summed E-state index contributed by atoms with van der Waals surface area (Å²) in [6, 6.07) is 16.6. The van der Waals surface area contributed by atoms with E-state index in [1.54, 1.807) is 12.1 Å². The Kier molecular flexibility index (Phi) is 8.36. The van der Waals surface area contributed by atoms with Gasteiger partial charge in [0.1, 0.15) is 12.3 Å². The molecule has 3 aromatic carbocycles. The van der Waals surface area contributed by atoms with Crippen LogP contribution in [0.1, 0.15) is 57.3 Å². The summed E-state index contributed by atoms with van der Waals surface area (Å²) in [4.78, 5) is 76.7. The van der Waals surface area contributed by atoms with Gasteiger partial charge in [-0.15, -0.1) is 0 Å². The van der Waals surface area contributed by atoms with Crippen molar-refractivity contribution in [3.05, 3.63) is 105 Å². The van der Waals surface area contributed by atoms with Gasteiger partial charge in [-0.2, -0.15) is 5.01 Å². The number of rotatable bonds is 8. The van der Waals surface area contributed by atoms with Gasteiger partial charge in [-0.1, -0.05) is 30.7 Å². The molecule has 3 atom stereocenters. The lowest BCUT2D eigenvalue weighted by Gasteiger charge is -2.30. The number of esters is 1. The zero-order valence-electron chi connectivity index (χ0n) is 23.0. The van der Waals surface area contributed by atoms with Gasteiger partial charge in [0.2, 0.25) is 0 Å². The molecule has 12 heteroatoms. The summed E-state index contributed by atoms with van der Waals surface area (Å²) in [6.07, 6.45) is 1.83. The number of hydrogen-bond acceptors (Lipinski definition) is 8. The first kappa shape index (κ1) is 29.6. The topological polar surface area (TPSA) is 144 Å². The van der Waals surface area contributed by atoms with Crippen molar-refractivity contribution in [3.63, 3.8) is 0 Å². The van der Waals surface area contributed by atoms with Gasteiger partial charge in [0.15, 0.2) is 5.78 Å². The van der Waals surface area contributed by atoms with Crippen molar-refractivity contribution in [1.82, 2.24) is 10.0 Å². The molecule has 220 valence electrons. The second-order valence-corrected chi connectivity index (χ2v) is 11.0. The minimum Gasteiger partial charge on any atom is -0.423 e. The Hall–Kier alpha value is -4.90. The molecule has 43 heavy (non-hydrogen) atoms. The number of carbonyl (C=O) groups excluding carboxylic acids is 5. The number of ketones is 1. The molecule has 1 saturated heterocycles. The van der Waals surface area contributed by atoms with Crippen molar-refractivity contribution in [3.8, 4) is 5.75 Å². The number of amides is 3. The number of non-ortho nitro benzene ring substituents is 1. The van der Waals surface area contributed by atoms with E-state index in [1.165, 1.54) is 60.7 Å². The van der Waals surface area contributed by atoms with Crippen LogP contribution in [0.5, 0.6) is 5.75 Å². The molecular formula is C31H26ClN3O8. The molecule has 3 amide bonds. The predicted molar refractivity (Wildman–Crippen MR) is 153 cm³/mol. The van der Waals surface area contributed by atoms with Crippen molar-refractivity contribution >= 4 is 46.8 Å². The van der Waals surface area contributed by atoms with Crippen LogP contribution in [-0.2, 0) is 9.59 Å². The first-order valence-corrected chi connectivity index (χ1v) is 14.0. The zero-order chi connectivity index (χ0) is 30.8. The molecule has 3 aromatic rings. The number of benzene rings is 3. The summed E-state index contributed by atoms with van der Waals surface area (Å²) < 4.78 is 5.30. The Balaban J connectivity index is 1.36. The molecule has 2 aliphatic rings. The molecule has 1 saturated carbocycles. The first-order chi connectivity index (χ1) is 20.5. The van der Waals surface area contributed by atoms with Gasteiger partial charge in [-0.25, -0.2) is 9.80 Å². The van der Waals surface area contributed by atoms with Crippen molar-refractivity contribution in [2.45, 2.75) is 26.2 Å². The standard InChI is InChI=1S/C31H26ClN3O8/c1-18-6-15-23-25(16-18)30(39)34(29(23)38)33(28(37)24-4-2-3-5-26(24)32)17-27(36)19-9-13-22(14-10-19)43-31(40)20-7-11-21(12-8-20)35(41)42/h2-5,7-14,18,23,25H,6,15-17H2,1H3/t18-,23-,25-/m1/s1. The number of Topliss-reactive ketones (excluding diaryl/α,β-unsaturated/α-hetero) is 1. The number of hydrazine groups is 1.